The fourth-order valence-corrected chi connectivity index (χ4v) is 3.89. The molecule has 6 nitrogen and oxygen atoms in total. The molecule has 0 aliphatic heterocycles. The van der Waals surface area contributed by atoms with Crippen molar-refractivity contribution in [3.05, 3.63) is 28.8 Å². The van der Waals surface area contributed by atoms with E-state index in [1.807, 2.05) is 11.6 Å². The fraction of sp³-hybridized carbons (Fsp3) is 0.462. The SMILES string of the molecule is Cc1cc(C)c(S(=O)(=O)N[C@H](C(=O)O)[C@@H](C)O)c(C)c1. The van der Waals surface area contributed by atoms with Crippen LogP contribution in [-0.4, -0.2) is 36.7 Å². The highest BCUT2D eigenvalue weighted by atomic mass is 32.2. The lowest BCUT2D eigenvalue weighted by molar-refractivity contribution is -0.141. The first-order chi connectivity index (χ1) is 9.06. The number of rotatable bonds is 5. The van der Waals surface area contributed by atoms with E-state index in [0.717, 1.165) is 5.56 Å². The zero-order valence-corrected chi connectivity index (χ0v) is 12.7. The number of carboxylic acid groups (broad SMARTS) is 1. The van der Waals surface area contributed by atoms with Crippen molar-refractivity contribution >= 4 is 16.0 Å². The summed E-state index contributed by atoms with van der Waals surface area (Å²) in [6.07, 6.45) is -1.34. The summed E-state index contributed by atoms with van der Waals surface area (Å²) in [7, 11) is -4.02. The number of hydrogen-bond acceptors (Lipinski definition) is 4. The number of aryl methyl sites for hydroxylation is 3. The number of hydrogen-bond donors (Lipinski definition) is 3. The van der Waals surface area contributed by atoms with Crippen LogP contribution in [0.15, 0.2) is 17.0 Å². The third-order valence-electron chi connectivity index (χ3n) is 2.90. The summed E-state index contributed by atoms with van der Waals surface area (Å²) in [5.74, 6) is -1.43. The number of carbonyl (C=O) groups is 1. The van der Waals surface area contributed by atoms with E-state index < -0.39 is 28.1 Å². The summed E-state index contributed by atoms with van der Waals surface area (Å²) < 4.78 is 26.7. The van der Waals surface area contributed by atoms with Crippen LogP contribution in [0, 0.1) is 20.8 Å². The van der Waals surface area contributed by atoms with Crippen LogP contribution in [0.2, 0.25) is 0 Å². The first kappa shape index (κ1) is 16.6. The van der Waals surface area contributed by atoms with Gasteiger partial charge in [0.25, 0.3) is 0 Å². The van der Waals surface area contributed by atoms with E-state index in [9.17, 15) is 18.3 Å². The van der Waals surface area contributed by atoms with Gasteiger partial charge in [0.2, 0.25) is 10.0 Å². The molecule has 0 heterocycles. The Morgan fingerprint density at radius 3 is 2.00 bits per heavy atom. The number of aliphatic carboxylic acids is 1. The average Bonchev–Trinajstić information content (AvgIpc) is 2.23. The van der Waals surface area contributed by atoms with Crippen molar-refractivity contribution in [2.75, 3.05) is 0 Å². The Morgan fingerprint density at radius 1 is 1.20 bits per heavy atom. The van der Waals surface area contributed by atoms with Crippen LogP contribution < -0.4 is 4.72 Å². The summed E-state index contributed by atoms with van der Waals surface area (Å²) in [5.41, 5.74) is 1.98. The largest absolute Gasteiger partial charge is 0.480 e. The molecule has 0 unspecified atom stereocenters. The van der Waals surface area contributed by atoms with Crippen molar-refractivity contribution < 1.29 is 23.4 Å². The van der Waals surface area contributed by atoms with E-state index >= 15 is 0 Å². The Bertz CT molecular complexity index is 599. The highest BCUT2D eigenvalue weighted by molar-refractivity contribution is 7.89. The average molecular weight is 301 g/mol. The van der Waals surface area contributed by atoms with Crippen LogP contribution in [0.3, 0.4) is 0 Å². The van der Waals surface area contributed by atoms with Crippen LogP contribution in [-0.2, 0) is 14.8 Å². The van der Waals surface area contributed by atoms with Gasteiger partial charge in [0, 0.05) is 0 Å². The van der Waals surface area contributed by atoms with Gasteiger partial charge in [-0.2, -0.15) is 4.72 Å². The molecule has 7 heteroatoms. The fourth-order valence-electron chi connectivity index (χ4n) is 2.17. The van der Waals surface area contributed by atoms with Crippen LogP contribution in [0.4, 0.5) is 0 Å². The first-order valence-corrected chi connectivity index (χ1v) is 7.55. The minimum Gasteiger partial charge on any atom is -0.480 e. The highest BCUT2D eigenvalue weighted by Crippen LogP contribution is 2.22. The number of sulfonamides is 1. The molecule has 20 heavy (non-hydrogen) atoms. The predicted molar refractivity (Wildman–Crippen MR) is 74.1 cm³/mol. The Balaban J connectivity index is 3.28. The molecule has 1 aromatic rings. The number of carboxylic acids is 1. The van der Waals surface area contributed by atoms with Gasteiger partial charge in [0.05, 0.1) is 11.0 Å². The van der Waals surface area contributed by atoms with Crippen molar-refractivity contribution in [1.29, 1.82) is 0 Å². The summed E-state index contributed by atoms with van der Waals surface area (Å²) in [6, 6.07) is 1.83. The molecule has 0 radical (unpaired) electrons. The van der Waals surface area contributed by atoms with E-state index in [2.05, 4.69) is 0 Å². The zero-order chi connectivity index (χ0) is 15.7. The Morgan fingerprint density at radius 2 is 1.65 bits per heavy atom. The van der Waals surface area contributed by atoms with Gasteiger partial charge in [-0.3, -0.25) is 4.79 Å². The number of nitrogens with one attached hydrogen (secondary N) is 1. The topological polar surface area (TPSA) is 104 Å². The van der Waals surface area contributed by atoms with Crippen LogP contribution >= 0.6 is 0 Å². The van der Waals surface area contributed by atoms with Gasteiger partial charge in [-0.25, -0.2) is 8.42 Å². The maximum atomic E-state index is 12.3. The molecule has 2 atom stereocenters. The molecule has 0 amide bonds. The Hall–Kier alpha value is -1.44. The lowest BCUT2D eigenvalue weighted by Crippen LogP contribution is -2.47. The van der Waals surface area contributed by atoms with Crippen molar-refractivity contribution in [3.8, 4) is 0 Å². The van der Waals surface area contributed by atoms with Crippen LogP contribution in [0.25, 0.3) is 0 Å². The van der Waals surface area contributed by atoms with E-state index in [4.69, 9.17) is 5.11 Å². The first-order valence-electron chi connectivity index (χ1n) is 6.07. The smallest absolute Gasteiger partial charge is 0.324 e. The second kappa shape index (κ2) is 5.90. The zero-order valence-electron chi connectivity index (χ0n) is 11.8. The number of aliphatic hydroxyl groups is 1. The molecule has 1 rings (SSSR count). The lowest BCUT2D eigenvalue weighted by Gasteiger charge is -2.19. The molecule has 0 aromatic heterocycles. The lowest BCUT2D eigenvalue weighted by atomic mass is 10.1. The van der Waals surface area contributed by atoms with Gasteiger partial charge in [0.15, 0.2) is 0 Å². The van der Waals surface area contributed by atoms with Gasteiger partial charge in [0.1, 0.15) is 6.04 Å². The van der Waals surface area contributed by atoms with E-state index in [0.29, 0.717) is 11.1 Å². The Labute approximate surface area is 118 Å². The monoisotopic (exact) mass is 301 g/mol. The van der Waals surface area contributed by atoms with Gasteiger partial charge < -0.3 is 10.2 Å². The molecular weight excluding hydrogens is 282 g/mol. The van der Waals surface area contributed by atoms with Gasteiger partial charge in [-0.1, -0.05) is 17.7 Å². The molecule has 0 saturated heterocycles. The molecule has 1 aromatic carbocycles. The third-order valence-corrected chi connectivity index (χ3v) is 4.65. The number of aliphatic hydroxyl groups excluding tert-OH is 1. The predicted octanol–water partition coefficient (Wildman–Crippen LogP) is 0.724. The third kappa shape index (κ3) is 3.56. The highest BCUT2D eigenvalue weighted by Gasteiger charge is 2.30. The molecule has 0 aliphatic carbocycles. The normalized spacial score (nSPS) is 14.8. The van der Waals surface area contributed by atoms with Gasteiger partial charge >= 0.3 is 5.97 Å². The molecule has 112 valence electrons. The quantitative estimate of drug-likeness (QED) is 0.743. The van der Waals surface area contributed by atoms with E-state index in [1.54, 1.807) is 26.0 Å². The summed E-state index contributed by atoms with van der Waals surface area (Å²) in [5, 5.41) is 18.3. The molecule has 3 N–H and O–H groups in total. The molecule has 0 saturated carbocycles. The summed E-state index contributed by atoms with van der Waals surface area (Å²) in [4.78, 5) is 11.0. The maximum absolute atomic E-state index is 12.3. The van der Waals surface area contributed by atoms with Crippen molar-refractivity contribution in [2.45, 2.75) is 44.7 Å². The van der Waals surface area contributed by atoms with Crippen molar-refractivity contribution in [1.82, 2.24) is 4.72 Å². The van der Waals surface area contributed by atoms with E-state index in [1.165, 1.54) is 6.92 Å². The summed E-state index contributed by atoms with van der Waals surface area (Å²) in [6.45, 7) is 6.36. The molecule has 0 aliphatic rings. The van der Waals surface area contributed by atoms with E-state index in [-0.39, 0.29) is 4.90 Å². The maximum Gasteiger partial charge on any atom is 0.324 e. The Kier molecular flexibility index (Phi) is 4.90. The molecule has 0 bridgehead atoms. The minimum atomic E-state index is -4.02. The molecule has 0 spiro atoms. The molecule has 0 fully saturated rings. The van der Waals surface area contributed by atoms with Crippen molar-refractivity contribution in [3.63, 3.8) is 0 Å². The second-order valence-corrected chi connectivity index (χ2v) is 6.56. The van der Waals surface area contributed by atoms with Crippen LogP contribution in [0.1, 0.15) is 23.6 Å². The minimum absolute atomic E-state index is 0.0509. The van der Waals surface area contributed by atoms with Gasteiger partial charge in [-0.05, 0) is 38.8 Å². The number of benzene rings is 1. The second-order valence-electron chi connectivity index (χ2n) is 4.91. The van der Waals surface area contributed by atoms with Crippen molar-refractivity contribution in [2.24, 2.45) is 0 Å². The standard InChI is InChI=1S/C13H19NO5S/c1-7-5-8(2)12(9(3)6-7)20(18,19)14-11(10(4)15)13(16)17/h5-6,10-11,14-15H,1-4H3,(H,16,17)/t10-,11+/m1/s1. The summed E-state index contributed by atoms with van der Waals surface area (Å²) >= 11 is 0. The molecular formula is C13H19NO5S. The van der Waals surface area contributed by atoms with Crippen LogP contribution in [0.5, 0.6) is 0 Å². The van der Waals surface area contributed by atoms with Gasteiger partial charge in [-0.15, -0.1) is 0 Å².